The minimum absolute atomic E-state index is 0.153. The Kier molecular flexibility index (Phi) is 3.88. The maximum absolute atomic E-state index is 12.2. The number of aliphatic hydroxyl groups is 1. The van der Waals surface area contributed by atoms with Crippen LogP contribution in [0.3, 0.4) is 0 Å². The minimum atomic E-state index is -3.45. The van der Waals surface area contributed by atoms with Gasteiger partial charge in [-0.25, -0.2) is 8.42 Å². The molecule has 0 radical (unpaired) electrons. The van der Waals surface area contributed by atoms with E-state index < -0.39 is 26.6 Å². The van der Waals surface area contributed by atoms with E-state index in [1.807, 2.05) is 6.92 Å². The molecule has 0 aromatic heterocycles. The summed E-state index contributed by atoms with van der Waals surface area (Å²) in [5.74, 6) is -0.272. The molecule has 0 aliphatic carbocycles. The van der Waals surface area contributed by atoms with Crippen LogP contribution in [0.4, 0.5) is 0 Å². The van der Waals surface area contributed by atoms with Crippen molar-refractivity contribution in [1.29, 1.82) is 0 Å². The van der Waals surface area contributed by atoms with E-state index in [0.29, 0.717) is 13.0 Å². The summed E-state index contributed by atoms with van der Waals surface area (Å²) in [5, 5.41) is 9.72. The summed E-state index contributed by atoms with van der Waals surface area (Å²) < 4.78 is 21.7. The molecule has 6 heteroatoms. The van der Waals surface area contributed by atoms with Crippen molar-refractivity contribution in [1.82, 2.24) is 4.90 Å². The predicted molar refractivity (Wildman–Crippen MR) is 65.3 cm³/mol. The van der Waals surface area contributed by atoms with E-state index in [-0.39, 0.29) is 12.5 Å². The standard InChI is InChI=1S/C11H21NO4S/c1-8-5-6-12(7-9(8)13)10(14)11(2,3)17(4,15)16/h8-9,13H,5-7H2,1-4H3. The highest BCUT2D eigenvalue weighted by Crippen LogP contribution is 2.23. The van der Waals surface area contributed by atoms with Gasteiger partial charge in [-0.2, -0.15) is 0 Å². The molecule has 0 aromatic rings. The summed E-state index contributed by atoms with van der Waals surface area (Å²) in [6.45, 7) is 5.48. The number of carbonyl (C=O) groups excluding carboxylic acids is 1. The van der Waals surface area contributed by atoms with Gasteiger partial charge < -0.3 is 10.0 Å². The van der Waals surface area contributed by atoms with Crippen molar-refractivity contribution in [3.8, 4) is 0 Å². The second-order valence-corrected chi connectivity index (χ2v) is 7.93. The lowest BCUT2D eigenvalue weighted by Gasteiger charge is -2.37. The summed E-state index contributed by atoms with van der Waals surface area (Å²) in [7, 11) is -3.45. The maximum atomic E-state index is 12.2. The summed E-state index contributed by atoms with van der Waals surface area (Å²) in [5.41, 5.74) is 0. The Bertz CT molecular complexity index is 402. The van der Waals surface area contributed by atoms with Crippen molar-refractivity contribution in [2.24, 2.45) is 5.92 Å². The highest BCUT2D eigenvalue weighted by molar-refractivity contribution is 7.92. The number of β-amino-alcohol motifs (C(OH)–C–C–N with tert-alkyl or cyclic N) is 1. The number of hydrogen-bond donors (Lipinski definition) is 1. The first-order valence-corrected chi connectivity index (χ1v) is 7.63. The number of piperidine rings is 1. The smallest absolute Gasteiger partial charge is 0.243 e. The Morgan fingerprint density at radius 3 is 2.35 bits per heavy atom. The summed E-state index contributed by atoms with van der Waals surface area (Å²) in [6.07, 6.45) is 1.20. The van der Waals surface area contributed by atoms with Gasteiger partial charge in [0.15, 0.2) is 9.84 Å². The third-order valence-electron chi connectivity index (χ3n) is 3.65. The first-order chi connectivity index (χ1) is 7.57. The van der Waals surface area contributed by atoms with Crippen LogP contribution >= 0.6 is 0 Å². The minimum Gasteiger partial charge on any atom is -0.391 e. The molecule has 1 heterocycles. The number of aliphatic hydroxyl groups excluding tert-OH is 1. The normalized spacial score (nSPS) is 27.0. The lowest BCUT2D eigenvalue weighted by Crippen LogP contribution is -2.54. The molecule has 0 aromatic carbocycles. The SMILES string of the molecule is CC1CCN(C(=O)C(C)(C)S(C)(=O)=O)CC1O. The van der Waals surface area contributed by atoms with Crippen LogP contribution < -0.4 is 0 Å². The van der Waals surface area contributed by atoms with Crippen LogP contribution in [0.1, 0.15) is 27.2 Å². The first kappa shape index (κ1) is 14.4. The number of hydrogen-bond acceptors (Lipinski definition) is 4. The largest absolute Gasteiger partial charge is 0.391 e. The van der Waals surface area contributed by atoms with Crippen LogP contribution in [-0.2, 0) is 14.6 Å². The molecule has 0 saturated carbocycles. The first-order valence-electron chi connectivity index (χ1n) is 5.74. The molecule has 2 atom stereocenters. The molecule has 1 amide bonds. The third kappa shape index (κ3) is 2.80. The maximum Gasteiger partial charge on any atom is 0.243 e. The van der Waals surface area contributed by atoms with Crippen molar-refractivity contribution in [2.75, 3.05) is 19.3 Å². The molecule has 1 aliphatic heterocycles. The lowest BCUT2D eigenvalue weighted by atomic mass is 9.95. The molecule has 1 aliphatic rings. The molecular formula is C11H21NO4S. The third-order valence-corrected chi connectivity index (χ3v) is 5.68. The van der Waals surface area contributed by atoms with Crippen LogP contribution in [0.2, 0.25) is 0 Å². The van der Waals surface area contributed by atoms with Crippen LogP contribution in [0, 0.1) is 5.92 Å². The van der Waals surface area contributed by atoms with Crippen LogP contribution in [0.5, 0.6) is 0 Å². The molecule has 17 heavy (non-hydrogen) atoms. The zero-order valence-corrected chi connectivity index (χ0v) is 11.6. The molecule has 1 N–H and O–H groups in total. The van der Waals surface area contributed by atoms with E-state index >= 15 is 0 Å². The second kappa shape index (κ2) is 4.57. The molecule has 1 fully saturated rings. The average molecular weight is 263 g/mol. The topological polar surface area (TPSA) is 74.7 Å². The Hall–Kier alpha value is -0.620. The fourth-order valence-electron chi connectivity index (χ4n) is 1.77. The van der Waals surface area contributed by atoms with Gasteiger partial charge in [0.05, 0.1) is 6.10 Å². The molecule has 0 bridgehead atoms. The fraction of sp³-hybridized carbons (Fsp3) is 0.909. The van der Waals surface area contributed by atoms with Gasteiger partial charge in [-0.1, -0.05) is 6.92 Å². The van der Waals surface area contributed by atoms with Gasteiger partial charge in [-0.3, -0.25) is 4.79 Å². The van der Waals surface area contributed by atoms with Gasteiger partial charge in [0.2, 0.25) is 5.91 Å². The van der Waals surface area contributed by atoms with Crippen molar-refractivity contribution >= 4 is 15.7 Å². The van der Waals surface area contributed by atoms with Gasteiger partial charge in [0.1, 0.15) is 4.75 Å². The average Bonchev–Trinajstić information content (AvgIpc) is 2.19. The van der Waals surface area contributed by atoms with Crippen molar-refractivity contribution < 1.29 is 18.3 Å². The Balaban J connectivity index is 2.85. The van der Waals surface area contributed by atoms with Gasteiger partial charge in [-0.15, -0.1) is 0 Å². The van der Waals surface area contributed by atoms with E-state index in [4.69, 9.17) is 0 Å². The van der Waals surface area contributed by atoms with E-state index in [1.54, 1.807) is 0 Å². The van der Waals surface area contributed by atoms with Crippen LogP contribution in [-0.4, -0.2) is 54.5 Å². The number of carbonyl (C=O) groups is 1. The van der Waals surface area contributed by atoms with E-state index in [0.717, 1.165) is 6.26 Å². The van der Waals surface area contributed by atoms with Gasteiger partial charge >= 0.3 is 0 Å². The number of amides is 1. The zero-order chi connectivity index (χ0) is 13.4. The summed E-state index contributed by atoms with van der Waals surface area (Å²) in [6, 6.07) is 0. The molecule has 1 rings (SSSR count). The Morgan fingerprint density at radius 2 is 1.94 bits per heavy atom. The molecule has 0 spiro atoms. The highest BCUT2D eigenvalue weighted by atomic mass is 32.2. The van der Waals surface area contributed by atoms with E-state index in [2.05, 4.69) is 0 Å². The number of rotatable bonds is 2. The van der Waals surface area contributed by atoms with Crippen molar-refractivity contribution in [3.05, 3.63) is 0 Å². The quantitative estimate of drug-likeness (QED) is 0.763. The number of sulfone groups is 1. The molecular weight excluding hydrogens is 242 g/mol. The summed E-state index contributed by atoms with van der Waals surface area (Å²) >= 11 is 0. The molecule has 100 valence electrons. The van der Waals surface area contributed by atoms with Gasteiger partial charge in [0.25, 0.3) is 0 Å². The molecule has 1 saturated heterocycles. The van der Waals surface area contributed by atoms with Gasteiger partial charge in [0, 0.05) is 19.3 Å². The molecule has 5 nitrogen and oxygen atoms in total. The second-order valence-electron chi connectivity index (χ2n) is 5.37. The Labute approximate surface area is 103 Å². The van der Waals surface area contributed by atoms with E-state index in [9.17, 15) is 18.3 Å². The van der Waals surface area contributed by atoms with Crippen molar-refractivity contribution in [3.63, 3.8) is 0 Å². The Morgan fingerprint density at radius 1 is 1.41 bits per heavy atom. The van der Waals surface area contributed by atoms with Crippen molar-refractivity contribution in [2.45, 2.75) is 38.0 Å². The van der Waals surface area contributed by atoms with Gasteiger partial charge in [-0.05, 0) is 26.2 Å². The number of likely N-dealkylation sites (tertiary alicyclic amines) is 1. The predicted octanol–water partition coefficient (Wildman–Crippen LogP) is 0.0389. The lowest BCUT2D eigenvalue weighted by molar-refractivity contribution is -0.137. The fourth-order valence-corrected chi connectivity index (χ4v) is 2.22. The molecule has 2 unspecified atom stereocenters. The highest BCUT2D eigenvalue weighted by Gasteiger charge is 2.42. The van der Waals surface area contributed by atoms with Crippen LogP contribution in [0.15, 0.2) is 0 Å². The zero-order valence-electron chi connectivity index (χ0n) is 10.8. The summed E-state index contributed by atoms with van der Waals surface area (Å²) in [4.78, 5) is 13.6. The monoisotopic (exact) mass is 263 g/mol. The number of nitrogens with zero attached hydrogens (tertiary/aromatic N) is 1. The van der Waals surface area contributed by atoms with E-state index in [1.165, 1.54) is 18.7 Å². The van der Waals surface area contributed by atoms with Crippen LogP contribution in [0.25, 0.3) is 0 Å².